The van der Waals surface area contributed by atoms with Gasteiger partial charge in [0.2, 0.25) is 0 Å². The Morgan fingerprint density at radius 3 is 2.54 bits per heavy atom. The van der Waals surface area contributed by atoms with Gasteiger partial charge in [0.25, 0.3) is 11.5 Å². The fraction of sp³-hybridized carbons (Fsp3) is 0.368. The molecule has 1 aliphatic heterocycles. The topological polar surface area (TPSA) is 117 Å². The van der Waals surface area contributed by atoms with Crippen molar-refractivity contribution in [3.05, 3.63) is 68.5 Å². The van der Waals surface area contributed by atoms with Crippen molar-refractivity contribution in [1.29, 1.82) is 0 Å². The van der Waals surface area contributed by atoms with Gasteiger partial charge in [0.1, 0.15) is 18.4 Å². The SMILES string of the molecule is CC(=O)OC1CC(n2cc(C)c(=O)n(C(=O)c3ccccc3)c2=O)OC1CO. The minimum absolute atomic E-state index is 0.0991. The van der Waals surface area contributed by atoms with Crippen LogP contribution in [-0.4, -0.2) is 44.9 Å². The van der Waals surface area contributed by atoms with Crippen molar-refractivity contribution in [3.63, 3.8) is 0 Å². The molecule has 3 unspecified atom stereocenters. The van der Waals surface area contributed by atoms with Crippen molar-refractivity contribution in [3.8, 4) is 0 Å². The van der Waals surface area contributed by atoms with Gasteiger partial charge in [-0.05, 0) is 19.1 Å². The molecule has 0 aliphatic carbocycles. The lowest BCUT2D eigenvalue weighted by molar-refractivity contribution is -0.150. The van der Waals surface area contributed by atoms with Crippen molar-refractivity contribution in [1.82, 2.24) is 9.13 Å². The molecule has 1 saturated heterocycles. The summed E-state index contributed by atoms with van der Waals surface area (Å²) in [6, 6.07) is 7.98. The average molecular weight is 388 g/mol. The number of aromatic nitrogens is 2. The highest BCUT2D eigenvalue weighted by molar-refractivity contribution is 5.95. The van der Waals surface area contributed by atoms with Gasteiger partial charge in [-0.2, -0.15) is 4.57 Å². The maximum Gasteiger partial charge on any atom is 0.340 e. The molecule has 1 aliphatic rings. The van der Waals surface area contributed by atoms with Crippen LogP contribution in [0.1, 0.15) is 35.5 Å². The monoisotopic (exact) mass is 388 g/mol. The van der Waals surface area contributed by atoms with Gasteiger partial charge in [-0.1, -0.05) is 18.2 Å². The second-order valence-corrected chi connectivity index (χ2v) is 6.51. The van der Waals surface area contributed by atoms with E-state index >= 15 is 0 Å². The molecule has 2 heterocycles. The van der Waals surface area contributed by atoms with Crippen LogP contribution in [-0.2, 0) is 14.3 Å². The van der Waals surface area contributed by atoms with Gasteiger partial charge in [0, 0.05) is 30.7 Å². The van der Waals surface area contributed by atoms with Crippen molar-refractivity contribution in [2.24, 2.45) is 0 Å². The van der Waals surface area contributed by atoms with E-state index in [9.17, 15) is 24.3 Å². The number of aryl methyl sites for hydroxylation is 1. The number of aliphatic hydroxyl groups is 1. The molecule has 0 spiro atoms. The molecular formula is C19H20N2O7. The Hall–Kier alpha value is -3.04. The van der Waals surface area contributed by atoms with E-state index < -0.39 is 48.2 Å². The predicted molar refractivity (Wildman–Crippen MR) is 97.0 cm³/mol. The number of carbonyl (C=O) groups excluding carboxylic acids is 2. The van der Waals surface area contributed by atoms with E-state index in [1.807, 2.05) is 0 Å². The predicted octanol–water partition coefficient (Wildman–Crippen LogP) is 0.218. The molecule has 0 saturated carbocycles. The lowest BCUT2D eigenvalue weighted by Gasteiger charge is -2.17. The maximum absolute atomic E-state index is 12.9. The molecule has 3 atom stereocenters. The normalized spacial score (nSPS) is 21.5. The molecule has 0 bridgehead atoms. The van der Waals surface area contributed by atoms with Crippen LogP contribution in [0.3, 0.4) is 0 Å². The highest BCUT2D eigenvalue weighted by Crippen LogP contribution is 2.29. The van der Waals surface area contributed by atoms with Crippen molar-refractivity contribution in [2.75, 3.05) is 6.61 Å². The number of carbonyl (C=O) groups is 2. The molecule has 0 radical (unpaired) electrons. The summed E-state index contributed by atoms with van der Waals surface area (Å²) in [5, 5.41) is 9.46. The first-order valence-corrected chi connectivity index (χ1v) is 8.71. The standard InChI is InChI=1S/C19H20N2O7/c1-11-9-20(16-8-14(27-12(2)23)15(10-22)28-16)19(26)21(17(11)24)18(25)13-6-4-3-5-7-13/h3-7,9,14-16,22H,8,10H2,1-2H3. The summed E-state index contributed by atoms with van der Waals surface area (Å²) in [4.78, 5) is 49.4. The minimum Gasteiger partial charge on any atom is -0.460 e. The van der Waals surface area contributed by atoms with Crippen molar-refractivity contribution in [2.45, 2.75) is 38.7 Å². The van der Waals surface area contributed by atoms with Crippen molar-refractivity contribution < 1.29 is 24.2 Å². The van der Waals surface area contributed by atoms with E-state index in [4.69, 9.17) is 9.47 Å². The molecule has 9 nitrogen and oxygen atoms in total. The fourth-order valence-electron chi connectivity index (χ4n) is 3.17. The van der Waals surface area contributed by atoms with Crippen LogP contribution in [0.4, 0.5) is 0 Å². The Kier molecular flexibility index (Phi) is 5.57. The van der Waals surface area contributed by atoms with Crippen molar-refractivity contribution >= 4 is 11.9 Å². The summed E-state index contributed by atoms with van der Waals surface area (Å²) in [6.45, 7) is 2.30. The Balaban J connectivity index is 2.03. The van der Waals surface area contributed by atoms with E-state index in [2.05, 4.69) is 0 Å². The zero-order valence-corrected chi connectivity index (χ0v) is 15.4. The van der Waals surface area contributed by atoms with Gasteiger partial charge in [0.15, 0.2) is 0 Å². The fourth-order valence-corrected chi connectivity index (χ4v) is 3.17. The number of hydrogen-bond donors (Lipinski definition) is 1. The lowest BCUT2D eigenvalue weighted by atomic mass is 10.2. The molecule has 1 fully saturated rings. The number of esters is 1. The van der Waals surface area contributed by atoms with E-state index in [-0.39, 0.29) is 17.5 Å². The molecular weight excluding hydrogens is 368 g/mol. The molecule has 1 aromatic carbocycles. The largest absolute Gasteiger partial charge is 0.460 e. The highest BCUT2D eigenvalue weighted by atomic mass is 16.6. The van der Waals surface area contributed by atoms with Crippen LogP contribution in [0.5, 0.6) is 0 Å². The zero-order valence-electron chi connectivity index (χ0n) is 15.4. The third-order valence-electron chi connectivity index (χ3n) is 4.50. The Morgan fingerprint density at radius 2 is 1.93 bits per heavy atom. The summed E-state index contributed by atoms with van der Waals surface area (Å²) in [5.41, 5.74) is -1.22. The maximum atomic E-state index is 12.9. The molecule has 3 rings (SSSR count). The zero-order chi connectivity index (χ0) is 20.4. The van der Waals surface area contributed by atoms with Gasteiger partial charge in [-0.3, -0.25) is 19.0 Å². The van der Waals surface area contributed by atoms with Crippen LogP contribution in [0.2, 0.25) is 0 Å². The smallest absolute Gasteiger partial charge is 0.340 e. The number of hydrogen-bond acceptors (Lipinski definition) is 7. The van der Waals surface area contributed by atoms with E-state index in [1.165, 1.54) is 32.2 Å². The Morgan fingerprint density at radius 1 is 1.25 bits per heavy atom. The summed E-state index contributed by atoms with van der Waals surface area (Å²) in [6.07, 6.45) is -1.06. The summed E-state index contributed by atoms with van der Waals surface area (Å²) >= 11 is 0. The third-order valence-corrected chi connectivity index (χ3v) is 4.50. The van der Waals surface area contributed by atoms with Gasteiger partial charge in [-0.15, -0.1) is 0 Å². The molecule has 0 amide bonds. The Labute approximate surface area is 159 Å². The highest BCUT2D eigenvalue weighted by Gasteiger charge is 2.39. The first kappa shape index (κ1) is 19.7. The van der Waals surface area contributed by atoms with Gasteiger partial charge >= 0.3 is 11.7 Å². The van der Waals surface area contributed by atoms with Crippen LogP contribution in [0, 0.1) is 6.92 Å². The van der Waals surface area contributed by atoms with E-state index in [1.54, 1.807) is 18.2 Å². The van der Waals surface area contributed by atoms with Gasteiger partial charge in [-0.25, -0.2) is 4.79 Å². The first-order chi connectivity index (χ1) is 13.3. The van der Waals surface area contributed by atoms with Crippen LogP contribution in [0.15, 0.2) is 46.1 Å². The second kappa shape index (κ2) is 7.91. The third kappa shape index (κ3) is 3.67. The van der Waals surface area contributed by atoms with Crippen LogP contribution >= 0.6 is 0 Å². The molecule has 9 heteroatoms. The number of rotatable bonds is 4. The van der Waals surface area contributed by atoms with E-state index in [0.29, 0.717) is 4.57 Å². The molecule has 2 aromatic rings. The minimum atomic E-state index is -0.900. The van der Waals surface area contributed by atoms with Gasteiger partial charge in [0.05, 0.1) is 6.61 Å². The molecule has 28 heavy (non-hydrogen) atoms. The number of ether oxygens (including phenoxy) is 2. The number of nitrogens with zero attached hydrogens (tertiary/aromatic N) is 2. The number of aliphatic hydroxyl groups excluding tert-OH is 1. The lowest BCUT2D eigenvalue weighted by Crippen LogP contribution is -2.45. The number of benzene rings is 1. The quantitative estimate of drug-likeness (QED) is 0.745. The average Bonchev–Trinajstić information content (AvgIpc) is 3.07. The summed E-state index contributed by atoms with van der Waals surface area (Å²) in [5.74, 6) is -1.29. The van der Waals surface area contributed by atoms with Gasteiger partial charge < -0.3 is 14.6 Å². The first-order valence-electron chi connectivity index (χ1n) is 8.71. The van der Waals surface area contributed by atoms with Crippen LogP contribution < -0.4 is 11.2 Å². The van der Waals surface area contributed by atoms with Crippen LogP contribution in [0.25, 0.3) is 0 Å². The van der Waals surface area contributed by atoms with E-state index in [0.717, 1.165) is 4.57 Å². The molecule has 1 N–H and O–H groups in total. The second-order valence-electron chi connectivity index (χ2n) is 6.51. The summed E-state index contributed by atoms with van der Waals surface area (Å²) < 4.78 is 12.4. The Bertz CT molecular complexity index is 1010. The summed E-state index contributed by atoms with van der Waals surface area (Å²) in [7, 11) is 0. The molecule has 148 valence electrons. The molecule has 1 aromatic heterocycles.